The summed E-state index contributed by atoms with van der Waals surface area (Å²) < 4.78 is 23.6. The SMILES string of the molecule is CS(=O)(=O)c1ccccc1-c1ccc(NC(=O)NN)cc1. The van der Waals surface area contributed by atoms with E-state index >= 15 is 0 Å². The number of urea groups is 1. The average Bonchev–Trinajstić information content (AvgIpc) is 2.47. The maximum absolute atomic E-state index is 11.8. The minimum Gasteiger partial charge on any atom is -0.307 e. The molecule has 0 heterocycles. The molecule has 4 N–H and O–H groups in total. The summed E-state index contributed by atoms with van der Waals surface area (Å²) in [6.07, 6.45) is 1.17. The number of anilines is 1. The van der Waals surface area contributed by atoms with Crippen molar-refractivity contribution in [2.24, 2.45) is 5.84 Å². The maximum Gasteiger partial charge on any atom is 0.333 e. The number of carbonyl (C=O) groups is 1. The molecule has 0 saturated heterocycles. The lowest BCUT2D eigenvalue weighted by molar-refractivity contribution is 0.252. The fraction of sp³-hybridized carbons (Fsp3) is 0.0714. The van der Waals surface area contributed by atoms with Crippen LogP contribution in [0.5, 0.6) is 0 Å². The summed E-state index contributed by atoms with van der Waals surface area (Å²) in [6, 6.07) is 13.0. The van der Waals surface area contributed by atoms with E-state index in [0.29, 0.717) is 11.3 Å². The smallest absolute Gasteiger partial charge is 0.307 e. The van der Waals surface area contributed by atoms with Gasteiger partial charge in [0.1, 0.15) is 0 Å². The van der Waals surface area contributed by atoms with Crippen molar-refractivity contribution in [3.63, 3.8) is 0 Å². The molecule has 0 unspecified atom stereocenters. The van der Waals surface area contributed by atoms with Gasteiger partial charge in [0.25, 0.3) is 0 Å². The van der Waals surface area contributed by atoms with Crippen LogP contribution in [0.4, 0.5) is 10.5 Å². The highest BCUT2D eigenvalue weighted by Crippen LogP contribution is 2.28. The van der Waals surface area contributed by atoms with Crippen LogP contribution >= 0.6 is 0 Å². The summed E-state index contributed by atoms with van der Waals surface area (Å²) in [5, 5.41) is 2.52. The first-order valence-electron chi connectivity index (χ1n) is 6.09. The van der Waals surface area contributed by atoms with Crippen molar-refractivity contribution in [2.75, 3.05) is 11.6 Å². The Morgan fingerprint density at radius 1 is 1.05 bits per heavy atom. The largest absolute Gasteiger partial charge is 0.333 e. The van der Waals surface area contributed by atoms with Crippen LogP contribution in [-0.2, 0) is 9.84 Å². The predicted molar refractivity (Wildman–Crippen MR) is 81.3 cm³/mol. The molecule has 0 spiro atoms. The first kappa shape index (κ1) is 15.0. The van der Waals surface area contributed by atoms with Crippen LogP contribution in [-0.4, -0.2) is 20.7 Å². The third kappa shape index (κ3) is 3.59. The van der Waals surface area contributed by atoms with Crippen LogP contribution in [0.25, 0.3) is 11.1 Å². The van der Waals surface area contributed by atoms with E-state index in [9.17, 15) is 13.2 Å². The molecule has 0 aliphatic rings. The van der Waals surface area contributed by atoms with E-state index in [4.69, 9.17) is 5.84 Å². The minimum atomic E-state index is -3.31. The Kier molecular flexibility index (Phi) is 4.25. The summed E-state index contributed by atoms with van der Waals surface area (Å²) in [6.45, 7) is 0. The van der Waals surface area contributed by atoms with Gasteiger partial charge in [-0.05, 0) is 23.8 Å². The number of amides is 2. The second kappa shape index (κ2) is 5.94. The zero-order valence-corrected chi connectivity index (χ0v) is 12.1. The van der Waals surface area contributed by atoms with Gasteiger partial charge in [-0.3, -0.25) is 5.43 Å². The van der Waals surface area contributed by atoms with Crippen molar-refractivity contribution < 1.29 is 13.2 Å². The molecule has 110 valence electrons. The number of benzene rings is 2. The lowest BCUT2D eigenvalue weighted by Gasteiger charge is -2.09. The van der Waals surface area contributed by atoms with Crippen LogP contribution in [0.1, 0.15) is 0 Å². The normalized spacial score (nSPS) is 11.0. The molecular weight excluding hydrogens is 290 g/mol. The first-order valence-corrected chi connectivity index (χ1v) is 7.98. The van der Waals surface area contributed by atoms with Crippen molar-refractivity contribution in [2.45, 2.75) is 4.90 Å². The molecule has 0 fully saturated rings. The summed E-state index contributed by atoms with van der Waals surface area (Å²) in [4.78, 5) is 11.4. The number of sulfone groups is 1. The molecule has 21 heavy (non-hydrogen) atoms. The number of nitrogens with one attached hydrogen (secondary N) is 2. The highest BCUT2D eigenvalue weighted by Gasteiger charge is 2.13. The molecule has 2 aromatic rings. The molecule has 0 aliphatic heterocycles. The highest BCUT2D eigenvalue weighted by atomic mass is 32.2. The van der Waals surface area contributed by atoms with E-state index < -0.39 is 15.9 Å². The van der Waals surface area contributed by atoms with Gasteiger partial charge in [-0.25, -0.2) is 19.1 Å². The van der Waals surface area contributed by atoms with Crippen LogP contribution < -0.4 is 16.6 Å². The Morgan fingerprint density at radius 3 is 2.24 bits per heavy atom. The van der Waals surface area contributed by atoms with Crippen LogP contribution in [0, 0.1) is 0 Å². The number of rotatable bonds is 3. The van der Waals surface area contributed by atoms with Crippen molar-refractivity contribution >= 4 is 21.6 Å². The molecule has 0 atom stereocenters. The first-order chi connectivity index (χ1) is 9.91. The molecule has 2 rings (SSSR count). The zero-order valence-electron chi connectivity index (χ0n) is 11.3. The predicted octanol–water partition coefficient (Wildman–Crippen LogP) is 1.75. The van der Waals surface area contributed by atoms with E-state index in [1.807, 2.05) is 5.43 Å². The van der Waals surface area contributed by atoms with Crippen LogP contribution in [0.2, 0.25) is 0 Å². The van der Waals surface area contributed by atoms with Gasteiger partial charge in [0.2, 0.25) is 0 Å². The van der Waals surface area contributed by atoms with Gasteiger partial charge < -0.3 is 5.32 Å². The molecule has 6 nitrogen and oxygen atoms in total. The Balaban J connectivity index is 2.38. The molecule has 0 bridgehead atoms. The lowest BCUT2D eigenvalue weighted by Crippen LogP contribution is -2.34. The molecule has 0 aliphatic carbocycles. The molecule has 0 radical (unpaired) electrons. The fourth-order valence-electron chi connectivity index (χ4n) is 1.93. The molecule has 2 aromatic carbocycles. The highest BCUT2D eigenvalue weighted by molar-refractivity contribution is 7.90. The van der Waals surface area contributed by atoms with Gasteiger partial charge in [0.05, 0.1) is 4.90 Å². The van der Waals surface area contributed by atoms with Crippen LogP contribution in [0.3, 0.4) is 0 Å². The van der Waals surface area contributed by atoms with Gasteiger partial charge in [-0.15, -0.1) is 0 Å². The van der Waals surface area contributed by atoms with Gasteiger partial charge >= 0.3 is 6.03 Å². The number of hydrogen-bond acceptors (Lipinski definition) is 4. The molecule has 0 saturated carbocycles. The van der Waals surface area contributed by atoms with Crippen molar-refractivity contribution in [1.29, 1.82) is 0 Å². The molecular formula is C14H15N3O3S. The Hall–Kier alpha value is -2.38. The van der Waals surface area contributed by atoms with E-state index in [0.717, 1.165) is 5.56 Å². The number of hydrogen-bond donors (Lipinski definition) is 3. The summed E-state index contributed by atoms with van der Waals surface area (Å²) >= 11 is 0. The van der Waals surface area contributed by atoms with Crippen molar-refractivity contribution in [3.05, 3.63) is 48.5 Å². The summed E-state index contributed by atoms with van der Waals surface area (Å²) in [7, 11) is -3.31. The second-order valence-electron chi connectivity index (χ2n) is 4.44. The van der Waals surface area contributed by atoms with Crippen molar-refractivity contribution in [1.82, 2.24) is 5.43 Å². The molecule has 7 heteroatoms. The summed E-state index contributed by atoms with van der Waals surface area (Å²) in [5.41, 5.74) is 3.88. The van der Waals surface area contributed by atoms with E-state index in [1.165, 1.54) is 6.26 Å². The van der Waals surface area contributed by atoms with Gasteiger partial charge in [0.15, 0.2) is 9.84 Å². The Labute approximate surface area is 122 Å². The molecule has 2 amide bonds. The van der Waals surface area contributed by atoms with E-state index in [2.05, 4.69) is 5.32 Å². The maximum atomic E-state index is 11.8. The monoisotopic (exact) mass is 305 g/mol. The standard InChI is InChI=1S/C14H15N3O3S/c1-21(19,20)13-5-3-2-4-12(13)10-6-8-11(9-7-10)16-14(18)17-15/h2-9H,15H2,1H3,(H2,16,17,18). The third-order valence-electron chi connectivity index (χ3n) is 2.87. The Morgan fingerprint density at radius 2 is 1.67 bits per heavy atom. The topological polar surface area (TPSA) is 101 Å². The quantitative estimate of drug-likeness (QED) is 0.457. The number of nitrogens with two attached hydrogens (primary N) is 1. The second-order valence-corrected chi connectivity index (χ2v) is 6.43. The lowest BCUT2D eigenvalue weighted by atomic mass is 10.1. The molecule has 0 aromatic heterocycles. The average molecular weight is 305 g/mol. The van der Waals surface area contributed by atoms with Gasteiger partial charge in [-0.1, -0.05) is 30.3 Å². The third-order valence-corrected chi connectivity index (χ3v) is 4.03. The zero-order chi connectivity index (χ0) is 15.5. The summed E-state index contributed by atoms with van der Waals surface area (Å²) in [5.74, 6) is 4.98. The van der Waals surface area contributed by atoms with Gasteiger partial charge in [-0.2, -0.15) is 0 Å². The van der Waals surface area contributed by atoms with Crippen LogP contribution in [0.15, 0.2) is 53.4 Å². The minimum absolute atomic E-state index is 0.269. The fourth-order valence-corrected chi connectivity index (χ4v) is 2.84. The van der Waals surface area contributed by atoms with E-state index in [1.54, 1.807) is 48.5 Å². The number of hydrazine groups is 1. The van der Waals surface area contributed by atoms with Gasteiger partial charge in [0, 0.05) is 17.5 Å². The van der Waals surface area contributed by atoms with E-state index in [-0.39, 0.29) is 4.90 Å². The number of carbonyl (C=O) groups excluding carboxylic acids is 1. The van der Waals surface area contributed by atoms with Crippen molar-refractivity contribution in [3.8, 4) is 11.1 Å². The Bertz CT molecular complexity index is 755.